The molecule has 9 nitrogen and oxygen atoms in total. The zero-order chi connectivity index (χ0) is 24.8. The minimum Gasteiger partial charge on any atom is -0.444 e. The molecule has 0 saturated carbocycles. The number of nitrogens with one attached hydrogen (secondary N) is 3. The number of benzene rings is 2. The highest BCUT2D eigenvalue weighted by Gasteiger charge is 2.25. The molecule has 9 heteroatoms. The van der Waals surface area contributed by atoms with Gasteiger partial charge in [0.05, 0.1) is 0 Å². The monoisotopic (exact) mass is 455 g/mol. The molecule has 1 atom stereocenters. The second-order valence-electron chi connectivity index (χ2n) is 8.92. The largest absolute Gasteiger partial charge is 0.444 e. The van der Waals surface area contributed by atoms with E-state index in [1.807, 2.05) is 13.8 Å². The summed E-state index contributed by atoms with van der Waals surface area (Å²) in [6, 6.07) is 9.26. The van der Waals surface area contributed by atoms with Crippen LogP contribution in [0.1, 0.15) is 44.7 Å². The minimum absolute atomic E-state index is 0.00157. The number of hydrogen-bond donors (Lipinski definition) is 5. The maximum atomic E-state index is 13.0. The number of amides is 3. The Morgan fingerprint density at radius 1 is 0.909 bits per heavy atom. The smallest absolute Gasteiger partial charge is 0.408 e. The summed E-state index contributed by atoms with van der Waals surface area (Å²) in [7, 11) is 0. The van der Waals surface area contributed by atoms with E-state index in [0.717, 1.165) is 11.1 Å². The molecule has 0 radical (unpaired) electrons. The SMILES string of the molecule is Cc1cc(N)ccc1NC(=O)CC[C@H](NC(=O)OC(C)(C)C)C(=O)Nc1ccc(N)cc1C. The van der Waals surface area contributed by atoms with E-state index in [4.69, 9.17) is 16.2 Å². The van der Waals surface area contributed by atoms with Gasteiger partial charge in [0.25, 0.3) is 0 Å². The molecule has 0 aliphatic heterocycles. The first kappa shape index (κ1) is 25.5. The fourth-order valence-corrected chi connectivity index (χ4v) is 3.08. The Balaban J connectivity index is 2.09. The van der Waals surface area contributed by atoms with E-state index >= 15 is 0 Å². The number of carbonyl (C=O) groups excluding carboxylic acids is 3. The lowest BCUT2D eigenvalue weighted by molar-refractivity contribution is -0.119. The van der Waals surface area contributed by atoms with Crippen molar-refractivity contribution in [2.45, 2.75) is 59.1 Å². The van der Waals surface area contributed by atoms with Crippen molar-refractivity contribution in [3.63, 3.8) is 0 Å². The van der Waals surface area contributed by atoms with Crippen LogP contribution in [0, 0.1) is 13.8 Å². The molecule has 2 rings (SSSR count). The maximum absolute atomic E-state index is 13.0. The van der Waals surface area contributed by atoms with Crippen LogP contribution in [0.4, 0.5) is 27.5 Å². The molecule has 2 aromatic rings. The summed E-state index contributed by atoms with van der Waals surface area (Å²) in [6.45, 7) is 8.82. The quantitative estimate of drug-likeness (QED) is 0.402. The van der Waals surface area contributed by atoms with Gasteiger partial charge in [-0.3, -0.25) is 9.59 Å². The van der Waals surface area contributed by atoms with Gasteiger partial charge in [0.1, 0.15) is 11.6 Å². The van der Waals surface area contributed by atoms with Crippen LogP contribution in [0.3, 0.4) is 0 Å². The zero-order valence-electron chi connectivity index (χ0n) is 19.7. The van der Waals surface area contributed by atoms with Crippen LogP contribution in [0.15, 0.2) is 36.4 Å². The van der Waals surface area contributed by atoms with E-state index in [1.165, 1.54) is 0 Å². The summed E-state index contributed by atoms with van der Waals surface area (Å²) >= 11 is 0. The molecule has 33 heavy (non-hydrogen) atoms. The van der Waals surface area contributed by atoms with Crippen molar-refractivity contribution in [3.8, 4) is 0 Å². The standard InChI is InChI=1S/C24H33N5O4/c1-14-12-16(25)6-8-18(14)27-21(30)11-10-20(29-23(32)33-24(3,4)5)22(31)28-19-9-7-17(26)13-15(19)2/h6-9,12-13,20H,10-11,25-26H2,1-5H3,(H,27,30)(H,28,31)(H,29,32)/t20-/m0/s1. The zero-order valence-corrected chi connectivity index (χ0v) is 19.7. The fourth-order valence-electron chi connectivity index (χ4n) is 3.08. The molecule has 0 aliphatic rings. The molecule has 0 spiro atoms. The van der Waals surface area contributed by atoms with Gasteiger partial charge in [-0.25, -0.2) is 4.79 Å². The van der Waals surface area contributed by atoms with Crippen LogP contribution in [0.25, 0.3) is 0 Å². The van der Waals surface area contributed by atoms with Gasteiger partial charge in [0.2, 0.25) is 11.8 Å². The van der Waals surface area contributed by atoms with Crippen LogP contribution in [-0.4, -0.2) is 29.6 Å². The highest BCUT2D eigenvalue weighted by atomic mass is 16.6. The summed E-state index contributed by atoms with van der Waals surface area (Å²) in [5, 5.41) is 8.16. The van der Waals surface area contributed by atoms with Crippen molar-refractivity contribution in [2.75, 3.05) is 22.1 Å². The predicted molar refractivity (Wildman–Crippen MR) is 131 cm³/mol. The predicted octanol–water partition coefficient (Wildman–Crippen LogP) is 3.72. The first-order valence-corrected chi connectivity index (χ1v) is 10.7. The van der Waals surface area contributed by atoms with Gasteiger partial charge < -0.3 is 32.2 Å². The van der Waals surface area contributed by atoms with Crippen LogP contribution in [0.5, 0.6) is 0 Å². The van der Waals surface area contributed by atoms with Crippen molar-refractivity contribution in [2.24, 2.45) is 0 Å². The number of hydrogen-bond acceptors (Lipinski definition) is 6. The van der Waals surface area contributed by atoms with Gasteiger partial charge in [0.15, 0.2) is 0 Å². The lowest BCUT2D eigenvalue weighted by Gasteiger charge is -2.23. The van der Waals surface area contributed by atoms with E-state index in [1.54, 1.807) is 57.2 Å². The number of anilines is 4. The summed E-state index contributed by atoms with van der Waals surface area (Å²) in [6.07, 6.45) is -0.677. The minimum atomic E-state index is -0.991. The molecule has 0 unspecified atom stereocenters. The van der Waals surface area contributed by atoms with E-state index in [-0.39, 0.29) is 18.7 Å². The van der Waals surface area contributed by atoms with Crippen molar-refractivity contribution in [1.29, 1.82) is 0 Å². The molecule has 178 valence electrons. The average molecular weight is 456 g/mol. The lowest BCUT2D eigenvalue weighted by atomic mass is 10.1. The number of rotatable bonds is 7. The second kappa shape index (κ2) is 10.7. The summed E-state index contributed by atoms with van der Waals surface area (Å²) < 4.78 is 5.28. The van der Waals surface area contributed by atoms with E-state index < -0.39 is 23.6 Å². The summed E-state index contributed by atoms with van der Waals surface area (Å²) in [4.78, 5) is 37.8. The molecular weight excluding hydrogens is 422 g/mol. The van der Waals surface area contributed by atoms with Crippen LogP contribution < -0.4 is 27.4 Å². The number of alkyl carbamates (subject to hydrolysis) is 1. The van der Waals surface area contributed by atoms with Gasteiger partial charge in [-0.2, -0.15) is 0 Å². The number of carbonyl (C=O) groups is 3. The maximum Gasteiger partial charge on any atom is 0.408 e. The molecule has 0 heterocycles. The van der Waals surface area contributed by atoms with Crippen molar-refractivity contribution >= 4 is 40.7 Å². The van der Waals surface area contributed by atoms with Crippen LogP contribution >= 0.6 is 0 Å². The number of ether oxygens (including phenoxy) is 1. The summed E-state index contributed by atoms with van der Waals surface area (Å²) in [5.41, 5.74) is 14.7. The Morgan fingerprint density at radius 3 is 1.91 bits per heavy atom. The van der Waals surface area contributed by atoms with E-state index in [2.05, 4.69) is 16.0 Å². The van der Waals surface area contributed by atoms with Crippen LogP contribution in [0.2, 0.25) is 0 Å². The van der Waals surface area contributed by atoms with Gasteiger partial charge in [-0.15, -0.1) is 0 Å². The Morgan fingerprint density at radius 2 is 1.42 bits per heavy atom. The molecule has 0 bridgehead atoms. The second-order valence-corrected chi connectivity index (χ2v) is 8.92. The first-order valence-electron chi connectivity index (χ1n) is 10.7. The molecule has 0 aliphatic carbocycles. The number of aryl methyl sites for hydroxylation is 2. The van der Waals surface area contributed by atoms with Crippen LogP contribution in [-0.2, 0) is 14.3 Å². The third kappa shape index (κ3) is 8.36. The van der Waals surface area contributed by atoms with E-state index in [0.29, 0.717) is 22.7 Å². The van der Waals surface area contributed by atoms with Crippen molar-refractivity contribution < 1.29 is 19.1 Å². The molecule has 0 fully saturated rings. The van der Waals surface area contributed by atoms with Gasteiger partial charge >= 0.3 is 6.09 Å². The first-order chi connectivity index (χ1) is 15.3. The molecule has 3 amide bonds. The Bertz CT molecular complexity index is 1030. The van der Waals surface area contributed by atoms with E-state index in [9.17, 15) is 14.4 Å². The average Bonchev–Trinajstić information content (AvgIpc) is 2.68. The highest BCUT2D eigenvalue weighted by molar-refractivity contribution is 5.98. The Kier molecular flexibility index (Phi) is 8.28. The summed E-state index contributed by atoms with van der Waals surface area (Å²) in [5.74, 6) is -0.763. The van der Waals surface area contributed by atoms with Crippen molar-refractivity contribution in [3.05, 3.63) is 47.5 Å². The molecule has 2 aromatic carbocycles. The molecular formula is C24H33N5O4. The van der Waals surface area contributed by atoms with Gasteiger partial charge in [0, 0.05) is 29.2 Å². The molecule has 7 N–H and O–H groups in total. The van der Waals surface area contributed by atoms with Gasteiger partial charge in [-0.1, -0.05) is 0 Å². The normalized spacial score (nSPS) is 11.9. The van der Waals surface area contributed by atoms with Gasteiger partial charge in [-0.05, 0) is 88.6 Å². The van der Waals surface area contributed by atoms with Crippen molar-refractivity contribution in [1.82, 2.24) is 5.32 Å². The third-order valence-electron chi connectivity index (χ3n) is 4.70. The lowest BCUT2D eigenvalue weighted by Crippen LogP contribution is -2.46. The number of nitrogens with two attached hydrogens (primary N) is 2. The number of nitrogen functional groups attached to an aromatic ring is 2. The Hall–Kier alpha value is -3.75. The third-order valence-corrected chi connectivity index (χ3v) is 4.70. The highest BCUT2D eigenvalue weighted by Crippen LogP contribution is 2.20. The molecule has 0 aromatic heterocycles. The Labute approximate surface area is 194 Å². The fraction of sp³-hybridized carbons (Fsp3) is 0.375. The topological polar surface area (TPSA) is 149 Å². The molecule has 0 saturated heterocycles.